The Labute approximate surface area is 463 Å². The molecule has 16 heteroatoms. The van der Waals surface area contributed by atoms with Gasteiger partial charge in [-0.2, -0.15) is 0 Å². The highest BCUT2D eigenvalue weighted by atomic mass is 16.3. The Hall–Kier alpha value is -8.80. The molecule has 1 aliphatic rings. The highest BCUT2D eigenvalue weighted by molar-refractivity contribution is 6.02. The van der Waals surface area contributed by atoms with Gasteiger partial charge in [-0.3, -0.25) is 19.2 Å². The third-order valence-corrected chi connectivity index (χ3v) is 14.7. The number of aliphatic hydroxyl groups is 4. The van der Waals surface area contributed by atoms with Gasteiger partial charge in [-0.05, 0) is 128 Å². The van der Waals surface area contributed by atoms with Crippen molar-refractivity contribution in [1.82, 2.24) is 19.9 Å². The molecule has 4 aromatic heterocycles. The van der Waals surface area contributed by atoms with Crippen molar-refractivity contribution >= 4 is 68.7 Å². The molecule has 4 aromatic carbocycles. The number of aromatic nitrogens is 4. The summed E-state index contributed by atoms with van der Waals surface area (Å²) in [6, 6.07) is 45.2. The number of carbonyl (C=O) groups excluding carboxylic acids is 4. The molecule has 8 aromatic rings. The number of anilines is 4. The maximum atomic E-state index is 13.9. The number of benzene rings is 4. The molecule has 0 radical (unpaired) electrons. The van der Waals surface area contributed by atoms with E-state index in [9.17, 15) is 39.6 Å². The van der Waals surface area contributed by atoms with Crippen molar-refractivity contribution in [3.8, 4) is 0 Å². The lowest BCUT2D eigenvalue weighted by molar-refractivity contribution is -0.126. The molecule has 0 saturated carbocycles. The van der Waals surface area contributed by atoms with Crippen LogP contribution in [0.25, 0.3) is 22.3 Å². The van der Waals surface area contributed by atoms with E-state index in [1.54, 1.807) is 79.7 Å². The first kappa shape index (κ1) is 55.9. The zero-order chi connectivity index (χ0) is 57.3. The van der Waals surface area contributed by atoms with E-state index in [1.807, 2.05) is 121 Å². The highest BCUT2D eigenvalue weighted by Crippen LogP contribution is 2.36. The number of hydrogen-bond donors (Lipinski definition) is 12. The number of hydrogen-bond acceptors (Lipinski definition) is 8. The van der Waals surface area contributed by atoms with Gasteiger partial charge in [0.15, 0.2) is 0 Å². The standard InChI is InChI=1S/C64H68N8O8/c1-61(2,33-73)57(77)69-41-21-13-9-17-37(41)53-45-25-27-47(65-45)54(38-18-10-14-22-42(38)70-58(78)62(3,4)34-74)49-29-31-51(67-49)56(40-20-12-16-24-44(40)72-60(80)64(7,8)36-76)52-32-30-50(68-52)55(48-28-26-46(53)66-48)39-19-11-15-23-43(39)71-59(79)63(5,6)35-75/h9-32,65-68,73-76H,33-36H2,1-8H3,(H,69,77)(H,70,78)(H,71,79)(H,72,80). The summed E-state index contributed by atoms with van der Waals surface area (Å²) < 4.78 is 0. The zero-order valence-electron chi connectivity index (χ0n) is 46.1. The molecular formula is C64H68N8O8. The molecule has 12 N–H and O–H groups in total. The van der Waals surface area contributed by atoms with Crippen LogP contribution in [0.15, 0.2) is 146 Å². The van der Waals surface area contributed by atoms with Gasteiger partial charge in [-0.25, -0.2) is 0 Å². The van der Waals surface area contributed by atoms with E-state index in [2.05, 4.69) is 41.2 Å². The molecule has 0 atom stereocenters. The van der Waals surface area contributed by atoms with Crippen molar-refractivity contribution in [3.05, 3.63) is 212 Å². The van der Waals surface area contributed by atoms with Gasteiger partial charge in [0.1, 0.15) is 0 Å². The Morgan fingerprint density at radius 1 is 0.312 bits per heavy atom. The van der Waals surface area contributed by atoms with E-state index < -0.39 is 45.3 Å². The number of carbonyl (C=O) groups is 4. The molecule has 412 valence electrons. The minimum atomic E-state index is -1.12. The van der Waals surface area contributed by atoms with Crippen LogP contribution < -0.4 is 42.7 Å². The second kappa shape index (κ2) is 22.1. The smallest absolute Gasteiger partial charge is 0.232 e. The van der Waals surface area contributed by atoms with Crippen molar-refractivity contribution < 1.29 is 39.6 Å². The molecule has 0 aliphatic carbocycles. The van der Waals surface area contributed by atoms with Crippen molar-refractivity contribution in [2.45, 2.75) is 55.4 Å². The van der Waals surface area contributed by atoms with Crippen LogP contribution in [-0.2, 0) is 19.2 Å². The van der Waals surface area contributed by atoms with Gasteiger partial charge in [-0.15, -0.1) is 0 Å². The van der Waals surface area contributed by atoms with Crippen molar-refractivity contribution in [2.24, 2.45) is 21.7 Å². The van der Waals surface area contributed by atoms with Crippen LogP contribution in [0.2, 0.25) is 0 Å². The first-order valence-corrected chi connectivity index (χ1v) is 26.4. The number of fused-ring (bicyclic) bond motifs is 8. The van der Waals surface area contributed by atoms with Gasteiger partial charge >= 0.3 is 0 Å². The molecule has 0 spiro atoms. The lowest BCUT2D eigenvalue weighted by Gasteiger charge is -2.22. The predicted octanol–water partition coefficient (Wildman–Crippen LogP) is 6.13. The van der Waals surface area contributed by atoms with Crippen molar-refractivity contribution in [3.63, 3.8) is 0 Å². The van der Waals surface area contributed by atoms with Gasteiger partial charge in [0.05, 0.1) is 48.1 Å². The number of aliphatic hydroxyl groups excluding tert-OH is 4. The fraction of sp³-hybridized carbons (Fsp3) is 0.250. The number of rotatable bonds is 16. The van der Waals surface area contributed by atoms with Crippen LogP contribution in [-0.4, -0.2) is 90.4 Å². The van der Waals surface area contributed by atoms with E-state index in [0.717, 1.165) is 0 Å². The van der Waals surface area contributed by atoms with E-state index in [4.69, 9.17) is 0 Å². The van der Waals surface area contributed by atoms with Crippen molar-refractivity contribution in [1.29, 1.82) is 0 Å². The van der Waals surface area contributed by atoms with Gasteiger partial charge in [-0.1, -0.05) is 72.8 Å². The Kier molecular flexibility index (Phi) is 15.5. The second-order valence-corrected chi connectivity index (χ2v) is 22.8. The largest absolute Gasteiger partial charge is 0.395 e. The molecule has 5 heterocycles. The molecule has 0 saturated heterocycles. The molecule has 16 nitrogen and oxygen atoms in total. The average molecular weight is 1080 g/mol. The Morgan fingerprint density at radius 2 is 0.512 bits per heavy atom. The number of para-hydroxylation sites is 4. The summed E-state index contributed by atoms with van der Waals surface area (Å²) in [7, 11) is 0. The Morgan fingerprint density at radius 3 is 0.713 bits per heavy atom. The van der Waals surface area contributed by atoms with Gasteiger partial charge < -0.3 is 61.6 Å². The first-order valence-electron chi connectivity index (χ1n) is 26.4. The summed E-state index contributed by atoms with van der Waals surface area (Å²) in [6.07, 6.45) is 0. The highest BCUT2D eigenvalue weighted by Gasteiger charge is 2.32. The van der Waals surface area contributed by atoms with Crippen molar-refractivity contribution in [2.75, 3.05) is 47.7 Å². The molecule has 0 fully saturated rings. The SMILES string of the molecule is CC(C)(CO)C(=O)Nc1ccccc1C1=c2ccc([nH]2)=C(c2ccccc2NC(=O)C(C)(C)CO)c2ccc([nH]2)C(c2ccccc2NC(=O)C(C)(C)CO)=c2ccc([nH]2)=C(c2ccccc2NC(=O)C(C)(C)CO)c2ccc1[nH]2. The zero-order valence-corrected chi connectivity index (χ0v) is 46.1. The normalized spacial score (nSPS) is 13.1. The number of amides is 4. The monoisotopic (exact) mass is 1080 g/mol. The maximum Gasteiger partial charge on any atom is 0.232 e. The lowest BCUT2D eigenvalue weighted by Crippen LogP contribution is -2.34. The molecule has 80 heavy (non-hydrogen) atoms. The first-order chi connectivity index (χ1) is 38.1. The summed E-state index contributed by atoms with van der Waals surface area (Å²) in [5.41, 5.74) is 5.08. The number of aromatic amines is 4. The average Bonchev–Trinajstić information content (AvgIpc) is 4.32. The van der Waals surface area contributed by atoms with Crippen LogP contribution in [0.1, 0.15) is 100 Å². The number of H-pyrrole nitrogens is 4. The summed E-state index contributed by atoms with van der Waals surface area (Å²) in [4.78, 5) is 70.6. The minimum absolute atomic E-state index is 0.389. The molecular weight excluding hydrogens is 1010 g/mol. The molecule has 9 rings (SSSR count). The van der Waals surface area contributed by atoms with E-state index in [-0.39, 0.29) is 26.4 Å². The Bertz CT molecular complexity index is 3460. The molecule has 8 bridgehead atoms. The quantitative estimate of drug-likeness (QED) is 0.0535. The summed E-state index contributed by atoms with van der Waals surface area (Å²) in [5, 5.41) is 55.9. The molecule has 1 aliphatic heterocycles. The van der Waals surface area contributed by atoms with Crippen LogP contribution in [0.5, 0.6) is 0 Å². The van der Waals surface area contributed by atoms with Crippen LogP contribution >= 0.6 is 0 Å². The second-order valence-electron chi connectivity index (χ2n) is 22.8. The summed E-state index contributed by atoms with van der Waals surface area (Å²) in [6.45, 7) is 11.8. The fourth-order valence-electron chi connectivity index (χ4n) is 9.18. The minimum Gasteiger partial charge on any atom is -0.395 e. The van der Waals surface area contributed by atoms with Gasteiger partial charge in [0.25, 0.3) is 0 Å². The lowest BCUT2D eigenvalue weighted by atomic mass is 9.93. The Balaban J connectivity index is 1.43. The summed E-state index contributed by atoms with van der Waals surface area (Å²) in [5.74, 6) is -1.56. The number of nitrogens with one attached hydrogen (secondary N) is 8. The van der Waals surface area contributed by atoms with E-state index in [1.165, 1.54) is 0 Å². The topological polar surface area (TPSA) is 260 Å². The summed E-state index contributed by atoms with van der Waals surface area (Å²) >= 11 is 0. The van der Waals surface area contributed by atoms with Gasteiger partial charge in [0, 0.05) is 111 Å². The van der Waals surface area contributed by atoms with Gasteiger partial charge in [0.2, 0.25) is 23.6 Å². The van der Waals surface area contributed by atoms with Crippen LogP contribution in [0.3, 0.4) is 0 Å². The van der Waals surface area contributed by atoms with Crippen LogP contribution in [0.4, 0.5) is 22.7 Å². The fourth-order valence-corrected chi connectivity index (χ4v) is 9.18. The van der Waals surface area contributed by atoms with Crippen LogP contribution in [0, 0.1) is 21.7 Å². The third-order valence-electron chi connectivity index (χ3n) is 14.7. The predicted molar refractivity (Wildman–Crippen MR) is 312 cm³/mol. The molecule has 4 amide bonds. The third kappa shape index (κ3) is 11.0. The van der Waals surface area contributed by atoms with E-state index in [0.29, 0.717) is 111 Å². The maximum absolute atomic E-state index is 13.9. The van der Waals surface area contributed by atoms with E-state index >= 15 is 0 Å². The molecule has 0 unspecified atom stereocenters.